The number of carboxylic acid groups (broad SMARTS) is 1. The van der Waals surface area contributed by atoms with Crippen LogP contribution in [0.4, 0.5) is 10.5 Å². The SMILES string of the molecule is CC(Oc1ccc(/C=C2/C(=O)NC(=O)N(c3ccc(Br)cc3)C2=O)cc1)C(=O)O. The molecule has 0 radical (unpaired) electrons. The van der Waals surface area contributed by atoms with Crippen molar-refractivity contribution in [2.45, 2.75) is 13.0 Å². The van der Waals surface area contributed by atoms with Crippen molar-refractivity contribution in [1.29, 1.82) is 0 Å². The number of halogens is 1. The Hall–Kier alpha value is -3.46. The van der Waals surface area contributed by atoms with Gasteiger partial charge in [-0.1, -0.05) is 28.1 Å². The van der Waals surface area contributed by atoms with Gasteiger partial charge in [0.25, 0.3) is 11.8 Å². The van der Waals surface area contributed by atoms with Crippen LogP contribution in [-0.4, -0.2) is 35.0 Å². The highest BCUT2D eigenvalue weighted by molar-refractivity contribution is 9.10. The number of nitrogens with one attached hydrogen (secondary N) is 1. The molecular weight excluding hydrogens is 444 g/mol. The van der Waals surface area contributed by atoms with E-state index < -0.39 is 29.9 Å². The number of benzene rings is 2. The smallest absolute Gasteiger partial charge is 0.344 e. The van der Waals surface area contributed by atoms with E-state index in [1.165, 1.54) is 25.1 Å². The molecular formula is C20H15BrN2O6. The number of hydrogen-bond donors (Lipinski definition) is 2. The molecule has 1 fully saturated rings. The number of carbonyl (C=O) groups excluding carboxylic acids is 3. The summed E-state index contributed by atoms with van der Waals surface area (Å²) in [4.78, 5) is 48.9. The molecule has 9 heteroatoms. The quantitative estimate of drug-likeness (QED) is 0.525. The van der Waals surface area contributed by atoms with Crippen LogP contribution in [0.15, 0.2) is 58.6 Å². The maximum Gasteiger partial charge on any atom is 0.344 e. The van der Waals surface area contributed by atoms with Gasteiger partial charge in [-0.05, 0) is 55.0 Å². The molecule has 148 valence electrons. The molecule has 3 rings (SSSR count). The van der Waals surface area contributed by atoms with Crippen LogP contribution in [0.1, 0.15) is 12.5 Å². The van der Waals surface area contributed by atoms with Crippen molar-refractivity contribution in [1.82, 2.24) is 5.32 Å². The molecule has 2 aromatic rings. The first-order valence-corrected chi connectivity index (χ1v) is 9.22. The highest BCUT2D eigenvalue weighted by Gasteiger charge is 2.36. The second kappa shape index (κ2) is 8.27. The van der Waals surface area contributed by atoms with E-state index in [0.29, 0.717) is 17.0 Å². The Morgan fingerprint density at radius 3 is 2.31 bits per heavy atom. The lowest BCUT2D eigenvalue weighted by atomic mass is 10.1. The zero-order valence-electron chi connectivity index (χ0n) is 15.1. The molecule has 1 heterocycles. The molecule has 2 N–H and O–H groups in total. The van der Waals surface area contributed by atoms with Gasteiger partial charge in [-0.15, -0.1) is 0 Å². The first-order chi connectivity index (χ1) is 13.8. The molecule has 1 aliphatic heterocycles. The van der Waals surface area contributed by atoms with Crippen molar-refractivity contribution in [3.05, 3.63) is 64.1 Å². The van der Waals surface area contributed by atoms with E-state index in [4.69, 9.17) is 9.84 Å². The lowest BCUT2D eigenvalue weighted by Crippen LogP contribution is -2.54. The molecule has 1 saturated heterocycles. The molecule has 0 bridgehead atoms. The van der Waals surface area contributed by atoms with E-state index in [1.807, 2.05) is 0 Å². The van der Waals surface area contributed by atoms with Crippen molar-refractivity contribution >= 4 is 51.5 Å². The van der Waals surface area contributed by atoms with Crippen molar-refractivity contribution < 1.29 is 29.0 Å². The summed E-state index contributed by atoms with van der Waals surface area (Å²) in [6, 6.07) is 11.8. The van der Waals surface area contributed by atoms with Gasteiger partial charge in [0.05, 0.1) is 5.69 Å². The monoisotopic (exact) mass is 458 g/mol. The normalized spacial score (nSPS) is 16.6. The van der Waals surface area contributed by atoms with Crippen molar-refractivity contribution in [2.75, 3.05) is 4.90 Å². The molecule has 2 aromatic carbocycles. The first kappa shape index (κ1) is 20.3. The number of anilines is 1. The van der Waals surface area contributed by atoms with Gasteiger partial charge in [-0.2, -0.15) is 0 Å². The van der Waals surface area contributed by atoms with E-state index in [0.717, 1.165) is 9.37 Å². The third-order valence-corrected chi connectivity index (χ3v) is 4.57. The second-order valence-electron chi connectivity index (χ2n) is 6.10. The van der Waals surface area contributed by atoms with Crippen LogP contribution in [0.2, 0.25) is 0 Å². The lowest BCUT2D eigenvalue weighted by Gasteiger charge is -2.26. The summed E-state index contributed by atoms with van der Waals surface area (Å²) in [6.07, 6.45) is 0.329. The Labute approximate surface area is 173 Å². The molecule has 1 unspecified atom stereocenters. The highest BCUT2D eigenvalue weighted by Crippen LogP contribution is 2.24. The van der Waals surface area contributed by atoms with Crippen LogP contribution < -0.4 is 15.0 Å². The number of imide groups is 2. The molecule has 29 heavy (non-hydrogen) atoms. The van der Waals surface area contributed by atoms with Gasteiger partial charge in [0, 0.05) is 4.47 Å². The summed E-state index contributed by atoms with van der Waals surface area (Å²) in [5.41, 5.74) is 0.615. The Bertz CT molecular complexity index is 1010. The number of nitrogens with zero attached hydrogens (tertiary/aromatic N) is 1. The summed E-state index contributed by atoms with van der Waals surface area (Å²) in [5, 5.41) is 11.0. The number of rotatable bonds is 5. The fourth-order valence-electron chi connectivity index (χ4n) is 2.55. The van der Waals surface area contributed by atoms with Crippen molar-refractivity contribution in [3.8, 4) is 5.75 Å². The number of aliphatic carboxylic acids is 1. The zero-order valence-corrected chi connectivity index (χ0v) is 16.7. The summed E-state index contributed by atoms with van der Waals surface area (Å²) < 4.78 is 6.01. The largest absolute Gasteiger partial charge is 0.479 e. The lowest BCUT2D eigenvalue weighted by molar-refractivity contribution is -0.144. The number of hydrogen-bond acceptors (Lipinski definition) is 5. The van der Waals surface area contributed by atoms with E-state index in [9.17, 15) is 19.2 Å². The standard InChI is InChI=1S/C20H15BrN2O6/c1-11(19(26)27)29-15-8-2-12(3-9-15)10-16-17(24)22-20(28)23(18(16)25)14-6-4-13(21)5-7-14/h2-11H,1H3,(H,26,27)(H,22,24,28)/b16-10-. The van der Waals surface area contributed by atoms with Gasteiger partial charge in [0.2, 0.25) is 0 Å². The van der Waals surface area contributed by atoms with Crippen LogP contribution >= 0.6 is 15.9 Å². The zero-order chi connectivity index (χ0) is 21.1. The maximum atomic E-state index is 12.8. The highest BCUT2D eigenvalue weighted by atomic mass is 79.9. The first-order valence-electron chi connectivity index (χ1n) is 8.43. The van der Waals surface area contributed by atoms with Gasteiger partial charge in [-0.3, -0.25) is 14.9 Å². The van der Waals surface area contributed by atoms with E-state index in [1.54, 1.807) is 36.4 Å². The predicted molar refractivity (Wildman–Crippen MR) is 107 cm³/mol. The summed E-state index contributed by atoms with van der Waals surface area (Å²) in [5.74, 6) is -2.32. The number of carboxylic acids is 1. The molecule has 8 nitrogen and oxygen atoms in total. The fourth-order valence-corrected chi connectivity index (χ4v) is 2.81. The van der Waals surface area contributed by atoms with E-state index in [2.05, 4.69) is 21.2 Å². The van der Waals surface area contributed by atoms with Crippen LogP contribution in [0.3, 0.4) is 0 Å². The Kier molecular flexibility index (Phi) is 5.79. The Morgan fingerprint density at radius 2 is 1.72 bits per heavy atom. The van der Waals surface area contributed by atoms with Crippen LogP contribution in [0.25, 0.3) is 6.08 Å². The third-order valence-electron chi connectivity index (χ3n) is 4.04. The van der Waals surface area contributed by atoms with Crippen molar-refractivity contribution in [3.63, 3.8) is 0 Å². The molecule has 0 spiro atoms. The number of amides is 4. The maximum absolute atomic E-state index is 12.8. The summed E-state index contributed by atoms with van der Waals surface area (Å²) in [7, 11) is 0. The van der Waals surface area contributed by atoms with Gasteiger partial charge in [-0.25, -0.2) is 14.5 Å². The van der Waals surface area contributed by atoms with Crippen LogP contribution in [0.5, 0.6) is 5.75 Å². The average Bonchev–Trinajstić information content (AvgIpc) is 2.67. The average molecular weight is 459 g/mol. The number of ether oxygens (including phenoxy) is 1. The molecule has 4 amide bonds. The minimum atomic E-state index is -1.10. The number of urea groups is 1. The molecule has 0 aliphatic carbocycles. The van der Waals surface area contributed by atoms with Crippen LogP contribution in [-0.2, 0) is 14.4 Å². The number of barbiturate groups is 1. The Balaban J connectivity index is 1.86. The van der Waals surface area contributed by atoms with Gasteiger partial charge < -0.3 is 9.84 Å². The summed E-state index contributed by atoms with van der Waals surface area (Å²) in [6.45, 7) is 1.40. The molecule has 0 aromatic heterocycles. The van der Waals surface area contributed by atoms with Gasteiger partial charge in [0.15, 0.2) is 6.10 Å². The molecule has 1 aliphatic rings. The van der Waals surface area contributed by atoms with Gasteiger partial charge in [0.1, 0.15) is 11.3 Å². The molecule has 0 saturated carbocycles. The molecule has 1 atom stereocenters. The minimum Gasteiger partial charge on any atom is -0.479 e. The fraction of sp³-hybridized carbons (Fsp3) is 0.100. The topological polar surface area (TPSA) is 113 Å². The number of carbonyl (C=O) groups is 4. The van der Waals surface area contributed by atoms with Gasteiger partial charge >= 0.3 is 12.0 Å². The summed E-state index contributed by atoms with van der Waals surface area (Å²) >= 11 is 3.28. The predicted octanol–water partition coefficient (Wildman–Crippen LogP) is 2.97. The van der Waals surface area contributed by atoms with Crippen molar-refractivity contribution in [2.24, 2.45) is 0 Å². The van der Waals surface area contributed by atoms with Crippen LogP contribution in [0, 0.1) is 0 Å². The second-order valence-corrected chi connectivity index (χ2v) is 7.02. The third kappa shape index (κ3) is 4.52. The van der Waals surface area contributed by atoms with E-state index >= 15 is 0 Å². The minimum absolute atomic E-state index is 0.208. The van der Waals surface area contributed by atoms with E-state index in [-0.39, 0.29) is 5.57 Å². The Morgan fingerprint density at radius 1 is 1.10 bits per heavy atom.